The van der Waals surface area contributed by atoms with Crippen molar-refractivity contribution in [2.75, 3.05) is 26.2 Å². The molecule has 1 fully saturated rings. The van der Waals surface area contributed by atoms with Crippen molar-refractivity contribution in [3.63, 3.8) is 0 Å². The molecule has 2 unspecified atom stereocenters. The van der Waals surface area contributed by atoms with Crippen LogP contribution in [0.4, 0.5) is 0 Å². The van der Waals surface area contributed by atoms with E-state index in [0.29, 0.717) is 13.2 Å². The van der Waals surface area contributed by atoms with Crippen LogP contribution < -0.4 is 0 Å². The smallest absolute Gasteiger partial charge is 0.0916 e. The van der Waals surface area contributed by atoms with Gasteiger partial charge < -0.3 is 9.84 Å². The second-order valence-corrected chi connectivity index (χ2v) is 5.41. The number of hydrogen-bond donors (Lipinski definition) is 1. The molecule has 5 nitrogen and oxygen atoms in total. The van der Waals surface area contributed by atoms with Gasteiger partial charge in [-0.2, -0.15) is 5.10 Å². The third-order valence-corrected chi connectivity index (χ3v) is 3.79. The maximum absolute atomic E-state index is 10.3. The third kappa shape index (κ3) is 3.91. The van der Waals surface area contributed by atoms with Gasteiger partial charge in [0.25, 0.3) is 0 Å². The summed E-state index contributed by atoms with van der Waals surface area (Å²) >= 11 is 0. The molecule has 1 aromatic heterocycles. The monoisotopic (exact) mass is 287 g/mol. The van der Waals surface area contributed by atoms with Crippen molar-refractivity contribution in [1.82, 2.24) is 14.7 Å². The Morgan fingerprint density at radius 3 is 2.90 bits per heavy atom. The Kier molecular flexibility index (Phi) is 4.65. The molecule has 1 saturated heterocycles. The lowest BCUT2D eigenvalue weighted by atomic mass is 10.1. The molecule has 1 N–H and O–H groups in total. The molecule has 2 heterocycles. The summed E-state index contributed by atoms with van der Waals surface area (Å²) in [6.07, 6.45) is 3.40. The van der Waals surface area contributed by atoms with E-state index in [4.69, 9.17) is 4.74 Å². The van der Waals surface area contributed by atoms with Gasteiger partial charge in [0.15, 0.2) is 0 Å². The molecule has 1 aliphatic rings. The molecule has 0 amide bonds. The first-order chi connectivity index (χ1) is 10.3. The van der Waals surface area contributed by atoms with Gasteiger partial charge in [-0.3, -0.25) is 9.58 Å². The molecular formula is C16H21N3O2. The SMILES string of the molecule is OC(CN1CCOC(Cn2cccn2)C1)c1ccccc1. The van der Waals surface area contributed by atoms with E-state index in [2.05, 4.69) is 10.00 Å². The number of aliphatic hydroxyl groups is 1. The van der Waals surface area contributed by atoms with Gasteiger partial charge in [-0.05, 0) is 11.6 Å². The Bertz CT molecular complexity index is 530. The third-order valence-electron chi connectivity index (χ3n) is 3.79. The molecule has 21 heavy (non-hydrogen) atoms. The average molecular weight is 287 g/mol. The first-order valence-corrected chi connectivity index (χ1v) is 7.35. The number of β-amino-alcohol motifs (C(OH)–C–C–N with tert-alkyl or cyclic N) is 1. The van der Waals surface area contributed by atoms with Crippen molar-refractivity contribution in [1.29, 1.82) is 0 Å². The van der Waals surface area contributed by atoms with E-state index in [0.717, 1.165) is 25.2 Å². The molecule has 0 bridgehead atoms. The molecule has 5 heteroatoms. The van der Waals surface area contributed by atoms with Crippen LogP contribution in [0.15, 0.2) is 48.8 Å². The van der Waals surface area contributed by atoms with Crippen LogP contribution in [0.3, 0.4) is 0 Å². The number of aliphatic hydroxyl groups excluding tert-OH is 1. The van der Waals surface area contributed by atoms with E-state index < -0.39 is 6.10 Å². The fraction of sp³-hybridized carbons (Fsp3) is 0.438. The van der Waals surface area contributed by atoms with Crippen molar-refractivity contribution in [2.24, 2.45) is 0 Å². The summed E-state index contributed by atoms with van der Waals surface area (Å²) in [5.41, 5.74) is 0.965. The largest absolute Gasteiger partial charge is 0.387 e. The van der Waals surface area contributed by atoms with Crippen LogP contribution in [0.1, 0.15) is 11.7 Å². The summed E-state index contributed by atoms with van der Waals surface area (Å²) in [6, 6.07) is 11.7. The summed E-state index contributed by atoms with van der Waals surface area (Å²) in [5.74, 6) is 0. The zero-order valence-corrected chi connectivity index (χ0v) is 12.0. The highest BCUT2D eigenvalue weighted by Crippen LogP contribution is 2.16. The Morgan fingerprint density at radius 2 is 2.14 bits per heavy atom. The first kappa shape index (κ1) is 14.3. The summed E-state index contributed by atoms with van der Waals surface area (Å²) in [6.45, 7) is 3.78. The van der Waals surface area contributed by atoms with Crippen molar-refractivity contribution >= 4 is 0 Å². The van der Waals surface area contributed by atoms with Gasteiger partial charge in [-0.1, -0.05) is 30.3 Å². The normalized spacial score (nSPS) is 21.3. The molecule has 1 aromatic carbocycles. The molecule has 0 spiro atoms. The summed E-state index contributed by atoms with van der Waals surface area (Å²) < 4.78 is 7.68. The molecule has 112 valence electrons. The van der Waals surface area contributed by atoms with Gasteiger partial charge in [0.05, 0.1) is 25.4 Å². The predicted octanol–water partition coefficient (Wildman–Crippen LogP) is 1.32. The number of nitrogens with zero attached hydrogens (tertiary/aromatic N) is 3. The molecular weight excluding hydrogens is 266 g/mol. The standard InChI is InChI=1S/C16H21N3O2/c20-16(14-5-2-1-3-6-14)13-18-9-10-21-15(11-18)12-19-8-4-7-17-19/h1-8,15-16,20H,9-13H2. The number of ether oxygens (including phenoxy) is 1. The fourth-order valence-corrected chi connectivity index (χ4v) is 2.70. The number of rotatable bonds is 5. The maximum atomic E-state index is 10.3. The van der Waals surface area contributed by atoms with E-state index in [1.165, 1.54) is 0 Å². The molecule has 0 aliphatic carbocycles. The lowest BCUT2D eigenvalue weighted by Gasteiger charge is -2.34. The van der Waals surface area contributed by atoms with Crippen LogP contribution >= 0.6 is 0 Å². The van der Waals surface area contributed by atoms with Gasteiger partial charge in [0, 0.05) is 32.0 Å². The minimum absolute atomic E-state index is 0.127. The highest BCUT2D eigenvalue weighted by molar-refractivity contribution is 5.17. The van der Waals surface area contributed by atoms with Crippen molar-refractivity contribution < 1.29 is 9.84 Å². The van der Waals surface area contributed by atoms with E-state index in [9.17, 15) is 5.11 Å². The average Bonchev–Trinajstić information content (AvgIpc) is 3.01. The van der Waals surface area contributed by atoms with Gasteiger partial charge in [0.1, 0.15) is 0 Å². The van der Waals surface area contributed by atoms with Crippen LogP contribution in [-0.4, -0.2) is 52.1 Å². The second-order valence-electron chi connectivity index (χ2n) is 5.41. The predicted molar refractivity (Wildman–Crippen MR) is 79.8 cm³/mol. The summed E-state index contributed by atoms with van der Waals surface area (Å²) in [5, 5.41) is 14.5. The number of benzene rings is 1. The Balaban J connectivity index is 1.54. The van der Waals surface area contributed by atoms with Crippen LogP contribution in [0.2, 0.25) is 0 Å². The topological polar surface area (TPSA) is 50.5 Å². The van der Waals surface area contributed by atoms with Gasteiger partial charge in [-0.15, -0.1) is 0 Å². The zero-order chi connectivity index (χ0) is 14.5. The number of morpholine rings is 1. The molecule has 0 radical (unpaired) electrons. The van der Waals surface area contributed by atoms with Crippen LogP contribution in [0.5, 0.6) is 0 Å². The fourth-order valence-electron chi connectivity index (χ4n) is 2.70. The summed E-state index contributed by atoms with van der Waals surface area (Å²) in [7, 11) is 0. The maximum Gasteiger partial charge on any atom is 0.0916 e. The molecule has 3 rings (SSSR count). The van der Waals surface area contributed by atoms with Gasteiger partial charge in [-0.25, -0.2) is 0 Å². The molecule has 2 aromatic rings. The van der Waals surface area contributed by atoms with E-state index in [-0.39, 0.29) is 6.10 Å². The van der Waals surface area contributed by atoms with Gasteiger partial charge in [0.2, 0.25) is 0 Å². The summed E-state index contributed by atoms with van der Waals surface area (Å²) in [4.78, 5) is 2.26. The van der Waals surface area contributed by atoms with Crippen LogP contribution in [-0.2, 0) is 11.3 Å². The highest BCUT2D eigenvalue weighted by atomic mass is 16.5. The Morgan fingerprint density at radius 1 is 1.29 bits per heavy atom. The minimum Gasteiger partial charge on any atom is -0.387 e. The van der Waals surface area contributed by atoms with Crippen molar-refractivity contribution in [2.45, 2.75) is 18.8 Å². The molecule has 0 saturated carbocycles. The number of aromatic nitrogens is 2. The Hall–Kier alpha value is -1.69. The Labute approximate surface area is 124 Å². The lowest BCUT2D eigenvalue weighted by molar-refractivity contribution is -0.0486. The van der Waals surface area contributed by atoms with E-state index in [1.54, 1.807) is 6.20 Å². The van der Waals surface area contributed by atoms with Crippen molar-refractivity contribution in [3.8, 4) is 0 Å². The molecule has 2 atom stereocenters. The first-order valence-electron chi connectivity index (χ1n) is 7.35. The van der Waals surface area contributed by atoms with Crippen molar-refractivity contribution in [3.05, 3.63) is 54.4 Å². The van der Waals surface area contributed by atoms with E-state index >= 15 is 0 Å². The lowest BCUT2D eigenvalue weighted by Crippen LogP contribution is -2.45. The minimum atomic E-state index is -0.449. The molecule has 1 aliphatic heterocycles. The number of hydrogen-bond acceptors (Lipinski definition) is 4. The van der Waals surface area contributed by atoms with Crippen LogP contribution in [0, 0.1) is 0 Å². The van der Waals surface area contributed by atoms with Crippen LogP contribution in [0.25, 0.3) is 0 Å². The quantitative estimate of drug-likeness (QED) is 0.901. The second kappa shape index (κ2) is 6.85. The zero-order valence-electron chi connectivity index (χ0n) is 12.0. The highest BCUT2D eigenvalue weighted by Gasteiger charge is 2.23. The van der Waals surface area contributed by atoms with E-state index in [1.807, 2.05) is 47.3 Å². The van der Waals surface area contributed by atoms with Gasteiger partial charge >= 0.3 is 0 Å².